The number of nitrogens with two attached hydrogens (primary N) is 2. The maximum atomic E-state index is 12.3. The Labute approximate surface area is 154 Å². The van der Waals surface area contributed by atoms with E-state index in [0.29, 0.717) is 22.4 Å². The van der Waals surface area contributed by atoms with E-state index in [1.165, 1.54) is 6.92 Å². The lowest BCUT2D eigenvalue weighted by Gasteiger charge is -2.24. The number of amides is 1. The number of primary amides is 1. The van der Waals surface area contributed by atoms with Crippen LogP contribution >= 0.6 is 0 Å². The van der Waals surface area contributed by atoms with Crippen LogP contribution in [0.2, 0.25) is 0 Å². The topological polar surface area (TPSA) is 110 Å². The van der Waals surface area contributed by atoms with Crippen molar-refractivity contribution < 1.29 is 9.59 Å². The van der Waals surface area contributed by atoms with E-state index in [9.17, 15) is 9.59 Å². The van der Waals surface area contributed by atoms with Gasteiger partial charge in [0.1, 0.15) is 0 Å². The number of carbonyl (C=O) groups is 2. The largest absolute Gasteiger partial charge is 0.402 e. The first-order chi connectivity index (χ1) is 12.1. The molecular formula is C21H25N3O2. The standard InChI is InChI=1S/C21H25N3O2/c1-6-12(2)9-18(21(24)26)20(19(14(4)23)15(5)25)17-8-7-16(11-22)10-13(17)3/h6-10,20H,23H2,1-5H3,(H2,24,26)/b12-6-,18-9-,19-14-/t20-/m0/s1. The number of aryl methyl sites for hydroxylation is 1. The van der Waals surface area contributed by atoms with Gasteiger partial charge in [0.05, 0.1) is 11.6 Å². The molecule has 5 heteroatoms. The molecule has 0 saturated heterocycles. The average molecular weight is 351 g/mol. The number of nitrogens with zero attached hydrogens (tertiary/aromatic N) is 1. The third-order valence-electron chi connectivity index (χ3n) is 4.24. The molecule has 0 unspecified atom stereocenters. The van der Waals surface area contributed by atoms with Crippen LogP contribution < -0.4 is 11.5 Å². The van der Waals surface area contributed by atoms with Gasteiger partial charge in [-0.3, -0.25) is 9.59 Å². The predicted molar refractivity (Wildman–Crippen MR) is 103 cm³/mol. The van der Waals surface area contributed by atoms with Gasteiger partial charge in [0.25, 0.3) is 0 Å². The first-order valence-corrected chi connectivity index (χ1v) is 8.26. The fourth-order valence-electron chi connectivity index (χ4n) is 2.88. The normalized spacial score (nSPS) is 14.3. The Hall–Kier alpha value is -3.13. The molecule has 1 aromatic rings. The van der Waals surface area contributed by atoms with Gasteiger partial charge in [-0.2, -0.15) is 5.26 Å². The summed E-state index contributed by atoms with van der Waals surface area (Å²) in [6.45, 7) is 8.57. The van der Waals surface area contributed by atoms with Crippen molar-refractivity contribution in [2.45, 2.75) is 40.5 Å². The SMILES string of the molecule is C/C=C(C)\C=C(/C(N)=O)[C@@H](/C(C(C)=O)=C(/C)N)c1ccc(C#N)cc1C. The lowest BCUT2D eigenvalue weighted by molar-refractivity contribution is -0.114. The molecule has 0 heterocycles. The molecule has 0 aliphatic rings. The second kappa shape index (κ2) is 8.82. The van der Waals surface area contributed by atoms with Crippen molar-refractivity contribution in [3.8, 4) is 6.07 Å². The molecule has 0 aliphatic carbocycles. The number of nitriles is 1. The van der Waals surface area contributed by atoms with Crippen molar-refractivity contribution in [2.75, 3.05) is 0 Å². The molecule has 0 spiro atoms. The minimum absolute atomic E-state index is 0.232. The zero-order valence-corrected chi connectivity index (χ0v) is 15.9. The van der Waals surface area contributed by atoms with Crippen LogP contribution in [-0.2, 0) is 9.59 Å². The highest BCUT2D eigenvalue weighted by Crippen LogP contribution is 2.36. The third-order valence-corrected chi connectivity index (χ3v) is 4.24. The molecule has 1 amide bonds. The Bertz CT molecular complexity index is 864. The van der Waals surface area contributed by atoms with E-state index >= 15 is 0 Å². The summed E-state index contributed by atoms with van der Waals surface area (Å²) in [6.07, 6.45) is 3.52. The summed E-state index contributed by atoms with van der Waals surface area (Å²) in [5.41, 5.74) is 15.4. The fraction of sp³-hybridized carbons (Fsp3) is 0.286. The number of allylic oxidation sites excluding steroid dienone is 5. The Morgan fingerprint density at radius 3 is 2.19 bits per heavy atom. The first-order valence-electron chi connectivity index (χ1n) is 8.26. The molecule has 0 saturated carbocycles. The average Bonchev–Trinajstić information content (AvgIpc) is 2.56. The quantitative estimate of drug-likeness (QED) is 0.606. The minimum atomic E-state index is -0.697. The Balaban J connectivity index is 3.88. The molecule has 1 rings (SSSR count). The van der Waals surface area contributed by atoms with Gasteiger partial charge in [0, 0.05) is 22.8 Å². The monoisotopic (exact) mass is 351 g/mol. The number of rotatable bonds is 6. The number of Topliss-reactive ketones (excluding diaryl/α,β-unsaturated/α-hetero) is 1. The van der Waals surface area contributed by atoms with Gasteiger partial charge in [0.2, 0.25) is 5.91 Å². The minimum Gasteiger partial charge on any atom is -0.402 e. The van der Waals surface area contributed by atoms with Crippen molar-refractivity contribution in [1.29, 1.82) is 5.26 Å². The summed E-state index contributed by atoms with van der Waals surface area (Å²) in [5.74, 6) is -1.55. The van der Waals surface area contributed by atoms with Crippen LogP contribution in [0.25, 0.3) is 0 Å². The molecule has 4 N–H and O–H groups in total. The molecule has 26 heavy (non-hydrogen) atoms. The van der Waals surface area contributed by atoms with Gasteiger partial charge < -0.3 is 11.5 Å². The number of benzene rings is 1. The Morgan fingerprint density at radius 2 is 1.81 bits per heavy atom. The summed E-state index contributed by atoms with van der Waals surface area (Å²) in [7, 11) is 0. The van der Waals surface area contributed by atoms with E-state index < -0.39 is 11.8 Å². The highest BCUT2D eigenvalue weighted by molar-refractivity contribution is 6.02. The number of ketones is 1. The molecule has 0 aromatic heterocycles. The molecule has 0 bridgehead atoms. The van der Waals surface area contributed by atoms with E-state index in [1.54, 1.807) is 31.2 Å². The maximum absolute atomic E-state index is 12.3. The second-order valence-electron chi connectivity index (χ2n) is 6.27. The summed E-state index contributed by atoms with van der Waals surface area (Å²) in [6, 6.07) is 7.19. The van der Waals surface area contributed by atoms with Gasteiger partial charge in [-0.1, -0.05) is 17.7 Å². The summed E-state index contributed by atoms with van der Waals surface area (Å²) in [4.78, 5) is 24.6. The molecule has 0 radical (unpaired) electrons. The van der Waals surface area contributed by atoms with Crippen molar-refractivity contribution in [3.63, 3.8) is 0 Å². The smallest absolute Gasteiger partial charge is 0.245 e. The first kappa shape index (κ1) is 20.9. The second-order valence-corrected chi connectivity index (χ2v) is 6.27. The lowest BCUT2D eigenvalue weighted by atomic mass is 9.79. The molecule has 5 nitrogen and oxygen atoms in total. The van der Waals surface area contributed by atoms with Crippen molar-refractivity contribution >= 4 is 11.7 Å². The molecule has 1 atom stereocenters. The van der Waals surface area contributed by atoms with Crippen molar-refractivity contribution in [1.82, 2.24) is 0 Å². The molecule has 0 fully saturated rings. The van der Waals surface area contributed by atoms with Crippen LogP contribution in [-0.4, -0.2) is 11.7 Å². The van der Waals surface area contributed by atoms with E-state index in [4.69, 9.17) is 16.7 Å². The van der Waals surface area contributed by atoms with Crippen LogP contribution in [0.3, 0.4) is 0 Å². The molecular weight excluding hydrogens is 326 g/mol. The number of hydrogen-bond donors (Lipinski definition) is 2. The van der Waals surface area contributed by atoms with Gasteiger partial charge in [-0.05, 0) is 64.0 Å². The van der Waals surface area contributed by atoms with Crippen molar-refractivity contribution in [3.05, 3.63) is 69.5 Å². The zero-order valence-electron chi connectivity index (χ0n) is 15.9. The maximum Gasteiger partial charge on any atom is 0.245 e. The predicted octanol–water partition coefficient (Wildman–Crippen LogP) is 3.15. The highest BCUT2D eigenvalue weighted by atomic mass is 16.1. The summed E-state index contributed by atoms with van der Waals surface area (Å²) < 4.78 is 0. The molecule has 0 aliphatic heterocycles. The van der Waals surface area contributed by atoms with Crippen LogP contribution in [0.4, 0.5) is 0 Å². The summed E-state index contributed by atoms with van der Waals surface area (Å²) >= 11 is 0. The van der Waals surface area contributed by atoms with Crippen LogP contribution in [0.5, 0.6) is 0 Å². The van der Waals surface area contributed by atoms with E-state index in [-0.39, 0.29) is 11.4 Å². The fourth-order valence-corrected chi connectivity index (χ4v) is 2.88. The zero-order chi connectivity index (χ0) is 20.0. The van der Waals surface area contributed by atoms with Crippen LogP contribution in [0.1, 0.15) is 50.3 Å². The van der Waals surface area contributed by atoms with Gasteiger partial charge in [-0.25, -0.2) is 0 Å². The summed E-state index contributed by atoms with van der Waals surface area (Å²) in [5, 5.41) is 9.10. The van der Waals surface area contributed by atoms with Crippen LogP contribution in [0, 0.1) is 18.3 Å². The van der Waals surface area contributed by atoms with Crippen LogP contribution in [0.15, 0.2) is 52.8 Å². The van der Waals surface area contributed by atoms with Gasteiger partial charge in [0.15, 0.2) is 5.78 Å². The molecule has 1 aromatic carbocycles. The Kier molecular flexibility index (Phi) is 7.09. The number of hydrogen-bond acceptors (Lipinski definition) is 4. The Morgan fingerprint density at radius 1 is 1.19 bits per heavy atom. The third kappa shape index (κ3) is 4.70. The highest BCUT2D eigenvalue weighted by Gasteiger charge is 2.30. The van der Waals surface area contributed by atoms with Gasteiger partial charge in [-0.15, -0.1) is 0 Å². The van der Waals surface area contributed by atoms with E-state index in [1.807, 2.05) is 26.8 Å². The van der Waals surface area contributed by atoms with Crippen molar-refractivity contribution in [2.24, 2.45) is 11.5 Å². The van der Waals surface area contributed by atoms with Gasteiger partial charge >= 0.3 is 0 Å². The molecule has 136 valence electrons. The van der Waals surface area contributed by atoms with E-state index in [2.05, 4.69) is 6.07 Å². The number of carbonyl (C=O) groups excluding carboxylic acids is 2. The van der Waals surface area contributed by atoms with E-state index in [0.717, 1.165) is 11.1 Å². The lowest BCUT2D eigenvalue weighted by Crippen LogP contribution is -2.25.